The average molecular weight is 433 g/mol. The Bertz CT molecular complexity index is 1050. The van der Waals surface area contributed by atoms with Gasteiger partial charge in [-0.1, -0.05) is 26.0 Å². The van der Waals surface area contributed by atoms with Gasteiger partial charge in [0.25, 0.3) is 0 Å². The molecule has 1 saturated carbocycles. The van der Waals surface area contributed by atoms with E-state index in [2.05, 4.69) is 19.9 Å². The summed E-state index contributed by atoms with van der Waals surface area (Å²) >= 11 is 0. The molecule has 2 heterocycles. The molecule has 6 nitrogen and oxygen atoms in total. The Balaban J connectivity index is 1.64. The summed E-state index contributed by atoms with van der Waals surface area (Å²) in [4.78, 5) is 27.9. The van der Waals surface area contributed by atoms with Crippen molar-refractivity contribution in [2.75, 3.05) is 13.1 Å². The first kappa shape index (κ1) is 22.3. The Morgan fingerprint density at radius 1 is 1.12 bits per heavy atom. The fourth-order valence-electron chi connectivity index (χ4n) is 4.70. The largest absolute Gasteiger partial charge is 0.342 e. The van der Waals surface area contributed by atoms with Gasteiger partial charge in [-0.2, -0.15) is 10.4 Å². The van der Waals surface area contributed by atoms with Gasteiger partial charge in [0.2, 0.25) is 5.91 Å². The summed E-state index contributed by atoms with van der Waals surface area (Å²) in [7, 11) is 0. The minimum absolute atomic E-state index is 0.0109. The average Bonchev–Trinajstić information content (AvgIpc) is 3.37. The molecule has 4 rings (SSSR count). The van der Waals surface area contributed by atoms with E-state index in [0.29, 0.717) is 24.4 Å². The van der Waals surface area contributed by atoms with Gasteiger partial charge in [0.15, 0.2) is 5.78 Å². The number of nitrogens with zero attached hydrogens (tertiary/aromatic N) is 4. The number of hydrogen-bond donors (Lipinski definition) is 0. The summed E-state index contributed by atoms with van der Waals surface area (Å²) < 4.78 is 1.90. The standard InChI is InChI=1S/C26H32N4O2/c1-16(2)26(32)29-12-11-19(15-29)13-22(31)25-23(20-9-10-20)24(28-30(25)17(3)4)21-7-5-18(14-27)6-8-21/h5-8,16-17,19-20H,9-13,15H2,1-4H3/t19-/m0/s1. The van der Waals surface area contributed by atoms with Crippen LogP contribution in [-0.2, 0) is 4.79 Å². The molecule has 1 aliphatic heterocycles. The minimum atomic E-state index is -0.0109. The minimum Gasteiger partial charge on any atom is -0.342 e. The normalized spacial score (nSPS) is 18.4. The molecular formula is C26H32N4O2. The highest BCUT2D eigenvalue weighted by molar-refractivity contribution is 5.98. The zero-order valence-corrected chi connectivity index (χ0v) is 19.5. The molecule has 1 saturated heterocycles. The Labute approximate surface area is 190 Å². The summed E-state index contributed by atoms with van der Waals surface area (Å²) in [5.74, 6) is 0.870. The number of hydrogen-bond acceptors (Lipinski definition) is 4. The third-order valence-electron chi connectivity index (χ3n) is 6.54. The van der Waals surface area contributed by atoms with Crippen molar-refractivity contribution in [2.45, 2.75) is 65.3 Å². The molecule has 1 aliphatic carbocycles. The number of amides is 1. The Morgan fingerprint density at radius 3 is 2.38 bits per heavy atom. The molecule has 32 heavy (non-hydrogen) atoms. The van der Waals surface area contributed by atoms with Gasteiger partial charge in [-0.05, 0) is 57.1 Å². The van der Waals surface area contributed by atoms with E-state index in [-0.39, 0.29) is 29.6 Å². The Morgan fingerprint density at radius 2 is 1.81 bits per heavy atom. The summed E-state index contributed by atoms with van der Waals surface area (Å²) in [6.45, 7) is 9.37. The first-order valence-electron chi connectivity index (χ1n) is 11.7. The number of carbonyl (C=O) groups excluding carboxylic acids is 2. The number of carbonyl (C=O) groups is 2. The van der Waals surface area contributed by atoms with Crippen LogP contribution in [0.2, 0.25) is 0 Å². The van der Waals surface area contributed by atoms with Gasteiger partial charge < -0.3 is 4.90 Å². The number of likely N-dealkylation sites (tertiary alicyclic amines) is 1. The molecule has 0 unspecified atom stereocenters. The Hall–Kier alpha value is -2.94. The highest BCUT2D eigenvalue weighted by atomic mass is 16.2. The third kappa shape index (κ3) is 4.34. The van der Waals surface area contributed by atoms with E-state index in [9.17, 15) is 9.59 Å². The van der Waals surface area contributed by atoms with Crippen LogP contribution in [0, 0.1) is 23.2 Å². The van der Waals surface area contributed by atoms with E-state index in [4.69, 9.17) is 10.4 Å². The van der Waals surface area contributed by atoms with Gasteiger partial charge in [0.05, 0.1) is 17.3 Å². The van der Waals surface area contributed by atoms with Gasteiger partial charge in [-0.3, -0.25) is 14.3 Å². The van der Waals surface area contributed by atoms with Crippen molar-refractivity contribution in [2.24, 2.45) is 11.8 Å². The third-order valence-corrected chi connectivity index (χ3v) is 6.54. The topological polar surface area (TPSA) is 79.0 Å². The van der Waals surface area contributed by atoms with Crippen LogP contribution in [0.5, 0.6) is 0 Å². The molecule has 2 fully saturated rings. The SMILES string of the molecule is CC(C)C(=O)N1CC[C@@H](CC(=O)c2c(C3CC3)c(-c3ccc(C#N)cc3)nn2C(C)C)C1. The molecule has 1 atom stereocenters. The van der Waals surface area contributed by atoms with Gasteiger partial charge in [-0.15, -0.1) is 0 Å². The molecule has 168 valence electrons. The molecular weight excluding hydrogens is 400 g/mol. The highest BCUT2D eigenvalue weighted by Gasteiger charge is 2.37. The van der Waals surface area contributed by atoms with Crippen molar-refractivity contribution in [3.05, 3.63) is 41.1 Å². The summed E-state index contributed by atoms with van der Waals surface area (Å²) in [5, 5.41) is 14.0. The summed E-state index contributed by atoms with van der Waals surface area (Å²) in [6.07, 6.45) is 3.48. The number of rotatable bonds is 7. The maximum atomic E-state index is 13.6. The smallest absolute Gasteiger partial charge is 0.225 e. The lowest BCUT2D eigenvalue weighted by atomic mass is 9.94. The number of benzene rings is 1. The quantitative estimate of drug-likeness (QED) is 0.580. The lowest BCUT2D eigenvalue weighted by Gasteiger charge is -2.19. The molecule has 0 radical (unpaired) electrons. The zero-order valence-electron chi connectivity index (χ0n) is 19.5. The number of nitriles is 1. The molecule has 0 bridgehead atoms. The fourth-order valence-corrected chi connectivity index (χ4v) is 4.70. The first-order valence-corrected chi connectivity index (χ1v) is 11.7. The molecule has 0 N–H and O–H groups in total. The van der Waals surface area contributed by atoms with E-state index in [1.54, 1.807) is 12.1 Å². The summed E-state index contributed by atoms with van der Waals surface area (Å²) in [5.41, 5.74) is 4.26. The lowest BCUT2D eigenvalue weighted by molar-refractivity contribution is -0.133. The second-order valence-electron chi connectivity index (χ2n) is 9.83. The Kier molecular flexibility index (Phi) is 6.19. The zero-order chi connectivity index (χ0) is 23.0. The van der Waals surface area contributed by atoms with Crippen LogP contribution >= 0.6 is 0 Å². The van der Waals surface area contributed by atoms with E-state index < -0.39 is 0 Å². The fraction of sp³-hybridized carbons (Fsp3) is 0.538. The second-order valence-corrected chi connectivity index (χ2v) is 9.83. The van der Waals surface area contributed by atoms with E-state index in [1.165, 1.54) is 0 Å². The van der Waals surface area contributed by atoms with Crippen LogP contribution in [0.4, 0.5) is 0 Å². The van der Waals surface area contributed by atoms with Crippen molar-refractivity contribution >= 4 is 11.7 Å². The molecule has 2 aliphatic rings. The number of Topliss-reactive ketones (excluding diaryl/α,β-unsaturated/α-hetero) is 1. The molecule has 2 aromatic rings. The molecule has 6 heteroatoms. The van der Waals surface area contributed by atoms with Gasteiger partial charge in [-0.25, -0.2) is 0 Å². The molecule has 0 spiro atoms. The van der Waals surface area contributed by atoms with Crippen molar-refractivity contribution in [1.82, 2.24) is 14.7 Å². The maximum absolute atomic E-state index is 13.6. The summed E-state index contributed by atoms with van der Waals surface area (Å²) in [6, 6.07) is 9.70. The maximum Gasteiger partial charge on any atom is 0.225 e. The first-order chi connectivity index (χ1) is 15.3. The van der Waals surface area contributed by atoms with E-state index in [1.807, 2.05) is 35.6 Å². The second kappa shape index (κ2) is 8.90. The van der Waals surface area contributed by atoms with Crippen molar-refractivity contribution in [1.29, 1.82) is 5.26 Å². The van der Waals surface area contributed by atoms with Crippen molar-refractivity contribution in [3.8, 4) is 17.3 Å². The van der Waals surface area contributed by atoms with Crippen LogP contribution < -0.4 is 0 Å². The van der Waals surface area contributed by atoms with Crippen molar-refractivity contribution in [3.63, 3.8) is 0 Å². The van der Waals surface area contributed by atoms with Crippen LogP contribution in [0.3, 0.4) is 0 Å². The van der Waals surface area contributed by atoms with Crippen LogP contribution in [0.1, 0.15) is 87.0 Å². The highest BCUT2D eigenvalue weighted by Crippen LogP contribution is 2.47. The predicted octanol–water partition coefficient (Wildman–Crippen LogP) is 4.96. The molecule has 1 aromatic heterocycles. The van der Waals surface area contributed by atoms with E-state index >= 15 is 0 Å². The number of ketones is 1. The molecule has 1 aromatic carbocycles. The number of aromatic nitrogens is 2. The van der Waals surface area contributed by atoms with Gasteiger partial charge in [0.1, 0.15) is 5.69 Å². The lowest BCUT2D eigenvalue weighted by Crippen LogP contribution is -2.32. The van der Waals surface area contributed by atoms with Gasteiger partial charge in [0, 0.05) is 42.6 Å². The van der Waals surface area contributed by atoms with Crippen molar-refractivity contribution < 1.29 is 9.59 Å². The predicted molar refractivity (Wildman–Crippen MR) is 123 cm³/mol. The molecule has 1 amide bonds. The van der Waals surface area contributed by atoms with Crippen LogP contribution in [0.15, 0.2) is 24.3 Å². The van der Waals surface area contributed by atoms with Crippen LogP contribution in [-0.4, -0.2) is 39.5 Å². The van der Waals surface area contributed by atoms with Gasteiger partial charge >= 0.3 is 0 Å². The van der Waals surface area contributed by atoms with Crippen LogP contribution in [0.25, 0.3) is 11.3 Å². The monoisotopic (exact) mass is 432 g/mol. The van der Waals surface area contributed by atoms with E-state index in [0.717, 1.165) is 48.3 Å².